The molecule has 0 radical (unpaired) electrons. The van der Waals surface area contributed by atoms with Crippen molar-refractivity contribution in [3.63, 3.8) is 0 Å². The number of nitrogens with one attached hydrogen (secondary N) is 1. The molecule has 3 rings (SSSR count). The highest BCUT2D eigenvalue weighted by Gasteiger charge is 2.29. The summed E-state index contributed by atoms with van der Waals surface area (Å²) in [7, 11) is -3.66. The van der Waals surface area contributed by atoms with Crippen LogP contribution in [-0.4, -0.2) is 61.4 Å². The smallest absolute Gasteiger partial charge is 0.243 e. The Bertz CT molecular complexity index is 940. The van der Waals surface area contributed by atoms with Gasteiger partial charge in [-0.25, -0.2) is 8.42 Å². The number of hydrogen-bond donors (Lipinski definition) is 1. The summed E-state index contributed by atoms with van der Waals surface area (Å²) in [6.45, 7) is 3.31. The fraction of sp³-hybridized carbons (Fsp3) is 0.375. The van der Waals surface area contributed by atoms with Gasteiger partial charge in [-0.15, -0.1) is 0 Å². The van der Waals surface area contributed by atoms with Gasteiger partial charge in [0.25, 0.3) is 0 Å². The van der Waals surface area contributed by atoms with Gasteiger partial charge < -0.3 is 4.52 Å². The van der Waals surface area contributed by atoms with Gasteiger partial charge in [0.15, 0.2) is 0 Å². The van der Waals surface area contributed by atoms with Crippen LogP contribution in [0.4, 0.5) is 5.88 Å². The number of carbonyl (C=O) groups excluding carboxylic acids is 1. The summed E-state index contributed by atoms with van der Waals surface area (Å²) >= 11 is 11.8. The van der Waals surface area contributed by atoms with E-state index in [4.69, 9.17) is 27.7 Å². The van der Waals surface area contributed by atoms with Gasteiger partial charge in [0, 0.05) is 32.2 Å². The van der Waals surface area contributed by atoms with Crippen LogP contribution in [0.1, 0.15) is 5.69 Å². The zero-order chi connectivity index (χ0) is 19.6. The number of aryl methyl sites for hydroxylation is 1. The van der Waals surface area contributed by atoms with Crippen molar-refractivity contribution in [3.05, 3.63) is 40.0 Å². The van der Waals surface area contributed by atoms with E-state index in [9.17, 15) is 13.2 Å². The number of sulfonamides is 1. The lowest BCUT2D eigenvalue weighted by molar-refractivity contribution is -0.117. The molecule has 0 aliphatic carbocycles. The van der Waals surface area contributed by atoms with Crippen LogP contribution in [0.3, 0.4) is 0 Å². The maximum atomic E-state index is 12.7. The summed E-state index contributed by atoms with van der Waals surface area (Å²) in [5.41, 5.74) is 0.673. The number of hydrogen-bond acceptors (Lipinski definition) is 6. The Balaban J connectivity index is 1.56. The minimum absolute atomic E-state index is 0.101. The van der Waals surface area contributed by atoms with Gasteiger partial charge >= 0.3 is 0 Å². The largest absolute Gasteiger partial charge is 0.338 e. The van der Waals surface area contributed by atoms with Crippen molar-refractivity contribution in [1.29, 1.82) is 0 Å². The first-order valence-corrected chi connectivity index (χ1v) is 10.4. The number of halogens is 2. The number of anilines is 1. The van der Waals surface area contributed by atoms with E-state index in [-0.39, 0.29) is 35.5 Å². The van der Waals surface area contributed by atoms with Crippen molar-refractivity contribution in [2.75, 3.05) is 38.0 Å². The standard InChI is InChI=1S/C16H18Cl2N4O4S/c1-11-8-16(26-20-11)19-15(23)10-21-4-6-22(7-5-21)27(24,25)12-2-3-13(17)14(18)9-12/h2-3,8-9H,4-7,10H2,1H3,(H,19,23). The number of nitrogens with zero attached hydrogens (tertiary/aromatic N) is 3. The Morgan fingerprint density at radius 1 is 1.19 bits per heavy atom. The topological polar surface area (TPSA) is 95.8 Å². The molecule has 2 aromatic rings. The van der Waals surface area contributed by atoms with Crippen LogP contribution in [-0.2, 0) is 14.8 Å². The molecule has 0 spiro atoms. The summed E-state index contributed by atoms with van der Waals surface area (Å²) in [5.74, 6) is 0.0465. The van der Waals surface area contributed by atoms with Crippen LogP contribution < -0.4 is 5.32 Å². The summed E-state index contributed by atoms with van der Waals surface area (Å²) < 4.78 is 31.8. The fourth-order valence-electron chi connectivity index (χ4n) is 2.72. The lowest BCUT2D eigenvalue weighted by Gasteiger charge is -2.33. The molecule has 146 valence electrons. The number of benzene rings is 1. The van der Waals surface area contributed by atoms with Gasteiger partial charge in [-0.2, -0.15) is 4.31 Å². The molecule has 1 saturated heterocycles. The third-order valence-electron chi connectivity index (χ3n) is 4.12. The molecule has 2 heterocycles. The first-order valence-electron chi connectivity index (χ1n) is 8.16. The Labute approximate surface area is 167 Å². The molecule has 1 aromatic heterocycles. The van der Waals surface area contributed by atoms with Crippen LogP contribution in [0, 0.1) is 6.92 Å². The lowest BCUT2D eigenvalue weighted by Crippen LogP contribution is -2.50. The van der Waals surface area contributed by atoms with Crippen LogP contribution in [0.25, 0.3) is 0 Å². The van der Waals surface area contributed by atoms with Crippen LogP contribution in [0.2, 0.25) is 10.0 Å². The first kappa shape index (κ1) is 20.1. The lowest BCUT2D eigenvalue weighted by atomic mass is 10.3. The molecular formula is C16H18Cl2N4O4S. The number of rotatable bonds is 5. The van der Waals surface area contributed by atoms with E-state index in [1.54, 1.807) is 13.0 Å². The SMILES string of the molecule is Cc1cc(NC(=O)CN2CCN(S(=O)(=O)c3ccc(Cl)c(Cl)c3)CC2)on1. The minimum Gasteiger partial charge on any atom is -0.338 e. The molecule has 8 nitrogen and oxygen atoms in total. The number of amides is 1. The molecule has 0 bridgehead atoms. The van der Waals surface area contributed by atoms with Gasteiger partial charge in [-0.3, -0.25) is 15.0 Å². The summed E-state index contributed by atoms with van der Waals surface area (Å²) in [5, 5.41) is 6.81. The second-order valence-electron chi connectivity index (χ2n) is 6.14. The zero-order valence-electron chi connectivity index (χ0n) is 14.5. The van der Waals surface area contributed by atoms with E-state index in [0.717, 1.165) is 0 Å². The molecule has 0 atom stereocenters. The summed E-state index contributed by atoms with van der Waals surface area (Å²) in [4.78, 5) is 14.0. The van der Waals surface area contributed by atoms with Crippen LogP contribution in [0.5, 0.6) is 0 Å². The number of aromatic nitrogens is 1. The Morgan fingerprint density at radius 3 is 2.48 bits per heavy atom. The van der Waals surface area contributed by atoms with E-state index >= 15 is 0 Å². The van der Waals surface area contributed by atoms with E-state index < -0.39 is 10.0 Å². The van der Waals surface area contributed by atoms with Crippen molar-refractivity contribution in [3.8, 4) is 0 Å². The van der Waals surface area contributed by atoms with Crippen molar-refractivity contribution in [1.82, 2.24) is 14.4 Å². The van der Waals surface area contributed by atoms with Gasteiger partial charge in [0.2, 0.25) is 21.8 Å². The second kappa shape index (κ2) is 8.15. The maximum Gasteiger partial charge on any atom is 0.243 e. The Hall–Kier alpha value is -1.65. The quantitative estimate of drug-likeness (QED) is 0.777. The zero-order valence-corrected chi connectivity index (χ0v) is 16.8. The molecule has 1 aliphatic rings. The monoisotopic (exact) mass is 432 g/mol. The van der Waals surface area contributed by atoms with Crippen molar-refractivity contribution >= 4 is 45.0 Å². The highest BCUT2D eigenvalue weighted by molar-refractivity contribution is 7.89. The van der Waals surface area contributed by atoms with E-state index in [0.29, 0.717) is 29.7 Å². The van der Waals surface area contributed by atoms with Gasteiger partial charge in [-0.1, -0.05) is 28.4 Å². The predicted molar refractivity (Wildman–Crippen MR) is 102 cm³/mol. The van der Waals surface area contributed by atoms with E-state index in [1.807, 2.05) is 4.90 Å². The molecule has 1 aliphatic heterocycles. The fourth-order valence-corrected chi connectivity index (χ4v) is 4.53. The molecule has 0 unspecified atom stereocenters. The van der Waals surface area contributed by atoms with E-state index in [2.05, 4.69) is 10.5 Å². The average Bonchev–Trinajstić information content (AvgIpc) is 3.02. The second-order valence-corrected chi connectivity index (χ2v) is 8.89. The van der Waals surface area contributed by atoms with Crippen molar-refractivity contribution in [2.24, 2.45) is 0 Å². The molecule has 11 heteroatoms. The molecule has 1 N–H and O–H groups in total. The Kier molecular flexibility index (Phi) is 6.07. The average molecular weight is 433 g/mol. The third kappa shape index (κ3) is 4.80. The van der Waals surface area contributed by atoms with Crippen molar-refractivity contribution in [2.45, 2.75) is 11.8 Å². The molecule has 0 saturated carbocycles. The molecule has 1 fully saturated rings. The highest BCUT2D eigenvalue weighted by Crippen LogP contribution is 2.27. The highest BCUT2D eigenvalue weighted by atomic mass is 35.5. The summed E-state index contributed by atoms with van der Waals surface area (Å²) in [6.07, 6.45) is 0. The molecule has 1 amide bonds. The van der Waals surface area contributed by atoms with Gasteiger partial charge in [0.05, 0.1) is 27.2 Å². The third-order valence-corrected chi connectivity index (χ3v) is 6.75. The molecular weight excluding hydrogens is 415 g/mol. The van der Waals surface area contributed by atoms with Gasteiger partial charge in [-0.05, 0) is 25.1 Å². The number of piperazine rings is 1. The normalized spacial score (nSPS) is 16.4. The summed E-state index contributed by atoms with van der Waals surface area (Å²) in [6, 6.07) is 5.86. The van der Waals surface area contributed by atoms with Crippen LogP contribution >= 0.6 is 23.2 Å². The number of carbonyl (C=O) groups is 1. The predicted octanol–water partition coefficient (Wildman–Crippen LogP) is 2.23. The molecule has 27 heavy (non-hydrogen) atoms. The van der Waals surface area contributed by atoms with Crippen LogP contribution in [0.15, 0.2) is 33.7 Å². The maximum absolute atomic E-state index is 12.7. The minimum atomic E-state index is -3.66. The first-order chi connectivity index (χ1) is 12.8. The van der Waals surface area contributed by atoms with E-state index in [1.165, 1.54) is 22.5 Å². The molecule has 1 aromatic carbocycles. The Morgan fingerprint density at radius 2 is 1.89 bits per heavy atom. The van der Waals surface area contributed by atoms with Crippen molar-refractivity contribution < 1.29 is 17.7 Å². The van der Waals surface area contributed by atoms with Gasteiger partial charge in [0.1, 0.15) is 0 Å².